The Morgan fingerprint density at radius 2 is 2.11 bits per heavy atom. The van der Waals surface area contributed by atoms with Crippen molar-refractivity contribution >= 4 is 15.9 Å². The van der Waals surface area contributed by atoms with Gasteiger partial charge in [-0.1, -0.05) is 22.4 Å². The Morgan fingerprint density at radius 3 is 2.44 bits per heavy atom. The van der Waals surface area contributed by atoms with E-state index in [0.29, 0.717) is 0 Å². The van der Waals surface area contributed by atoms with Crippen LogP contribution in [-0.4, -0.2) is 5.33 Å². The molecule has 0 radical (unpaired) electrons. The molecule has 52 valence electrons. The van der Waals surface area contributed by atoms with Crippen LogP contribution in [0.5, 0.6) is 0 Å². The first-order valence-electron chi connectivity index (χ1n) is 3.96. The Hall–Kier alpha value is 0.480. The maximum Gasteiger partial charge on any atom is 0.00624 e. The van der Waals surface area contributed by atoms with Crippen molar-refractivity contribution in [3.63, 3.8) is 0 Å². The summed E-state index contributed by atoms with van der Waals surface area (Å²) in [5, 5.41) is 1.26. The summed E-state index contributed by atoms with van der Waals surface area (Å²) < 4.78 is 0. The first-order chi connectivity index (χ1) is 4.40. The standard InChI is InChI=1S/C8H13Br/c9-5-8-4-6-1-2-7(8)3-6/h6-8H,1-5H2/t6?,7-,8+/m0/s1. The highest BCUT2D eigenvalue weighted by atomic mass is 79.9. The number of hydrogen-bond acceptors (Lipinski definition) is 0. The van der Waals surface area contributed by atoms with E-state index in [2.05, 4.69) is 15.9 Å². The summed E-state index contributed by atoms with van der Waals surface area (Å²) in [6.45, 7) is 0. The van der Waals surface area contributed by atoms with Gasteiger partial charge in [0.1, 0.15) is 0 Å². The quantitative estimate of drug-likeness (QED) is 0.556. The Labute approximate surface area is 65.1 Å². The van der Waals surface area contributed by atoms with E-state index in [9.17, 15) is 0 Å². The summed E-state index contributed by atoms with van der Waals surface area (Å²) in [5.74, 6) is 3.27. The van der Waals surface area contributed by atoms with Crippen molar-refractivity contribution in [3.8, 4) is 0 Å². The fourth-order valence-electron chi connectivity index (χ4n) is 2.57. The molecule has 0 aromatic carbocycles. The van der Waals surface area contributed by atoms with E-state index in [1.165, 1.54) is 24.6 Å². The van der Waals surface area contributed by atoms with Gasteiger partial charge in [0, 0.05) is 5.33 Å². The van der Waals surface area contributed by atoms with Crippen LogP contribution in [0, 0.1) is 17.8 Å². The van der Waals surface area contributed by atoms with E-state index >= 15 is 0 Å². The van der Waals surface area contributed by atoms with Crippen molar-refractivity contribution in [2.24, 2.45) is 17.8 Å². The molecule has 0 aromatic rings. The van der Waals surface area contributed by atoms with Gasteiger partial charge in [-0.05, 0) is 37.0 Å². The number of fused-ring (bicyclic) bond motifs is 2. The van der Waals surface area contributed by atoms with Gasteiger partial charge in [-0.2, -0.15) is 0 Å². The Balaban J connectivity index is 2.01. The second kappa shape index (κ2) is 2.26. The lowest BCUT2D eigenvalue weighted by atomic mass is 9.91. The van der Waals surface area contributed by atoms with Gasteiger partial charge in [0.2, 0.25) is 0 Å². The molecule has 2 rings (SSSR count). The molecule has 0 aromatic heterocycles. The molecule has 2 saturated carbocycles. The summed E-state index contributed by atoms with van der Waals surface area (Å²) in [5.41, 5.74) is 0. The third kappa shape index (κ3) is 0.938. The molecule has 2 fully saturated rings. The van der Waals surface area contributed by atoms with Crippen molar-refractivity contribution < 1.29 is 0 Å². The van der Waals surface area contributed by atoms with Gasteiger partial charge in [-0.3, -0.25) is 0 Å². The Bertz CT molecular complexity index is 111. The Morgan fingerprint density at radius 1 is 1.22 bits per heavy atom. The maximum absolute atomic E-state index is 3.58. The highest BCUT2D eigenvalue weighted by Crippen LogP contribution is 2.48. The summed E-state index contributed by atoms with van der Waals surface area (Å²) in [6, 6.07) is 0. The number of alkyl halides is 1. The molecular formula is C8H13Br. The van der Waals surface area contributed by atoms with Crippen LogP contribution in [0.3, 0.4) is 0 Å². The van der Waals surface area contributed by atoms with Crippen molar-refractivity contribution in [1.29, 1.82) is 0 Å². The van der Waals surface area contributed by atoms with Crippen molar-refractivity contribution in [2.75, 3.05) is 5.33 Å². The third-order valence-electron chi connectivity index (χ3n) is 3.08. The molecule has 2 aliphatic rings. The van der Waals surface area contributed by atoms with Crippen molar-refractivity contribution in [2.45, 2.75) is 25.7 Å². The Kier molecular flexibility index (Phi) is 1.56. The monoisotopic (exact) mass is 188 g/mol. The van der Waals surface area contributed by atoms with Crippen LogP contribution in [0.2, 0.25) is 0 Å². The molecule has 0 spiro atoms. The lowest BCUT2D eigenvalue weighted by Crippen LogP contribution is -2.10. The molecule has 3 atom stereocenters. The number of halogens is 1. The average molecular weight is 189 g/mol. The zero-order valence-corrected chi connectivity index (χ0v) is 7.23. The van der Waals surface area contributed by atoms with Crippen molar-refractivity contribution in [3.05, 3.63) is 0 Å². The van der Waals surface area contributed by atoms with Crippen LogP contribution in [0.4, 0.5) is 0 Å². The zero-order valence-electron chi connectivity index (χ0n) is 5.65. The molecule has 0 heterocycles. The van der Waals surface area contributed by atoms with Crippen LogP contribution in [0.1, 0.15) is 25.7 Å². The SMILES string of the molecule is BrC[C@H]1CC2CC[C@H]1C2. The van der Waals surface area contributed by atoms with E-state index in [1.54, 1.807) is 6.42 Å². The van der Waals surface area contributed by atoms with Crippen LogP contribution in [0.25, 0.3) is 0 Å². The van der Waals surface area contributed by atoms with Gasteiger partial charge in [0.15, 0.2) is 0 Å². The fraction of sp³-hybridized carbons (Fsp3) is 1.00. The highest BCUT2D eigenvalue weighted by Gasteiger charge is 2.38. The summed E-state index contributed by atoms with van der Waals surface area (Å²) in [4.78, 5) is 0. The predicted molar refractivity (Wildman–Crippen MR) is 42.7 cm³/mol. The molecule has 9 heavy (non-hydrogen) atoms. The first-order valence-corrected chi connectivity index (χ1v) is 5.08. The van der Waals surface area contributed by atoms with Gasteiger partial charge in [-0.25, -0.2) is 0 Å². The summed E-state index contributed by atoms with van der Waals surface area (Å²) >= 11 is 3.58. The van der Waals surface area contributed by atoms with Crippen LogP contribution in [0.15, 0.2) is 0 Å². The van der Waals surface area contributed by atoms with Crippen LogP contribution < -0.4 is 0 Å². The van der Waals surface area contributed by atoms with Crippen LogP contribution in [-0.2, 0) is 0 Å². The van der Waals surface area contributed by atoms with Gasteiger partial charge in [0.25, 0.3) is 0 Å². The molecule has 0 saturated heterocycles. The zero-order chi connectivity index (χ0) is 6.27. The molecule has 2 aliphatic carbocycles. The molecule has 0 aliphatic heterocycles. The smallest absolute Gasteiger partial charge is 0.00624 e. The predicted octanol–water partition coefficient (Wildman–Crippen LogP) is 2.82. The van der Waals surface area contributed by atoms with Gasteiger partial charge < -0.3 is 0 Å². The van der Waals surface area contributed by atoms with E-state index < -0.39 is 0 Å². The molecule has 0 N–H and O–H groups in total. The molecule has 0 nitrogen and oxygen atoms in total. The van der Waals surface area contributed by atoms with Crippen molar-refractivity contribution in [1.82, 2.24) is 0 Å². The lowest BCUT2D eigenvalue weighted by molar-refractivity contribution is 0.367. The minimum absolute atomic E-state index is 1.05. The third-order valence-corrected chi connectivity index (χ3v) is 3.91. The normalized spacial score (nSPS) is 48.3. The number of rotatable bonds is 1. The minimum atomic E-state index is 1.05. The second-order valence-corrected chi connectivity index (χ2v) is 4.24. The van der Waals surface area contributed by atoms with E-state index in [4.69, 9.17) is 0 Å². The first kappa shape index (κ1) is 6.21. The van der Waals surface area contributed by atoms with E-state index in [1.807, 2.05) is 0 Å². The van der Waals surface area contributed by atoms with Gasteiger partial charge in [0.05, 0.1) is 0 Å². The molecule has 0 amide bonds. The fourth-order valence-corrected chi connectivity index (χ4v) is 3.36. The topological polar surface area (TPSA) is 0 Å². The minimum Gasteiger partial charge on any atom is -0.0925 e. The van der Waals surface area contributed by atoms with Crippen LogP contribution >= 0.6 is 15.9 Å². The second-order valence-electron chi connectivity index (χ2n) is 3.59. The molecule has 1 heteroatoms. The van der Waals surface area contributed by atoms with Gasteiger partial charge in [-0.15, -0.1) is 0 Å². The maximum atomic E-state index is 3.58. The van der Waals surface area contributed by atoms with E-state index in [0.717, 1.165) is 17.8 Å². The largest absolute Gasteiger partial charge is 0.0925 e. The molecular weight excluding hydrogens is 176 g/mol. The summed E-state index contributed by atoms with van der Waals surface area (Å²) in [7, 11) is 0. The molecule has 2 bridgehead atoms. The number of hydrogen-bond donors (Lipinski definition) is 0. The average Bonchev–Trinajstić information content (AvgIpc) is 2.45. The highest BCUT2D eigenvalue weighted by molar-refractivity contribution is 9.09. The van der Waals surface area contributed by atoms with Gasteiger partial charge >= 0.3 is 0 Å². The molecule has 1 unspecified atom stereocenters. The van der Waals surface area contributed by atoms with E-state index in [-0.39, 0.29) is 0 Å². The lowest BCUT2D eigenvalue weighted by Gasteiger charge is -2.18. The summed E-state index contributed by atoms with van der Waals surface area (Å²) in [6.07, 6.45) is 6.14.